The molecule has 27 heavy (non-hydrogen) atoms. The van der Waals surface area contributed by atoms with Crippen LogP contribution in [0.25, 0.3) is 0 Å². The average Bonchev–Trinajstić information content (AvgIpc) is 2.66. The van der Waals surface area contributed by atoms with E-state index in [4.69, 9.17) is 0 Å². The number of benzene rings is 1. The average molecular weight is 390 g/mol. The van der Waals surface area contributed by atoms with E-state index in [0.717, 1.165) is 37.4 Å². The molecule has 3 N–H and O–H groups in total. The van der Waals surface area contributed by atoms with Gasteiger partial charge in [0.1, 0.15) is 43.5 Å². The lowest BCUT2D eigenvalue weighted by atomic mass is 9.96. The number of hydrogen-bond acceptors (Lipinski definition) is 3. The maximum absolute atomic E-state index is 13.3. The van der Waals surface area contributed by atoms with Crippen LogP contribution in [0.15, 0.2) is 40.0 Å². The van der Waals surface area contributed by atoms with Gasteiger partial charge in [-0.2, -0.15) is 0 Å². The molecular weight excluding hydrogens is 358 g/mol. The topological polar surface area (TPSA) is 51.1 Å². The number of aromatic nitrogens is 1. The van der Waals surface area contributed by atoms with E-state index < -0.39 is 0 Å². The predicted molar refractivity (Wildman–Crippen MR) is 110 cm³/mol. The van der Waals surface area contributed by atoms with Gasteiger partial charge < -0.3 is 19.5 Å². The van der Waals surface area contributed by atoms with Crippen LogP contribution in [-0.2, 0) is 6.54 Å². The summed E-state index contributed by atoms with van der Waals surface area (Å²) in [5, 5.41) is 10.8. The lowest BCUT2D eigenvalue weighted by molar-refractivity contribution is -1.02. The van der Waals surface area contributed by atoms with Crippen LogP contribution in [0.2, 0.25) is 0 Å². The maximum Gasteiger partial charge on any atom is 0.264 e. The third kappa shape index (κ3) is 4.08. The van der Waals surface area contributed by atoms with E-state index in [9.17, 15) is 9.90 Å². The monoisotopic (exact) mass is 389 g/mol. The van der Waals surface area contributed by atoms with E-state index in [1.807, 2.05) is 13.8 Å². The van der Waals surface area contributed by atoms with Crippen LogP contribution in [0, 0.1) is 6.92 Å². The first kappa shape index (κ1) is 20.0. The summed E-state index contributed by atoms with van der Waals surface area (Å²) in [7, 11) is 2.21. The number of quaternary nitrogens is 2. The van der Waals surface area contributed by atoms with Gasteiger partial charge in [-0.1, -0.05) is 12.1 Å². The first-order valence-electron chi connectivity index (χ1n) is 9.69. The van der Waals surface area contributed by atoms with E-state index in [1.54, 1.807) is 22.4 Å². The first-order valence-corrected chi connectivity index (χ1v) is 10.9. The minimum absolute atomic E-state index is 0.0623. The second-order valence-electron chi connectivity index (χ2n) is 7.46. The number of piperazine rings is 1. The predicted octanol–water partition coefficient (Wildman–Crippen LogP) is 0.107. The van der Waals surface area contributed by atoms with E-state index >= 15 is 0 Å². The normalized spacial score (nSPS) is 21.2. The van der Waals surface area contributed by atoms with Gasteiger partial charge in [-0.25, -0.2) is 0 Å². The third-order valence-electron chi connectivity index (χ3n) is 5.73. The highest BCUT2D eigenvalue weighted by atomic mass is 32.2. The second-order valence-corrected chi connectivity index (χ2v) is 8.34. The van der Waals surface area contributed by atoms with Crippen LogP contribution in [0.1, 0.15) is 29.8 Å². The Morgan fingerprint density at radius 3 is 2.37 bits per heavy atom. The first-order chi connectivity index (χ1) is 13.0. The summed E-state index contributed by atoms with van der Waals surface area (Å²) in [5.41, 5.74) is 2.38. The lowest BCUT2D eigenvalue weighted by Crippen LogP contribution is -3.27. The number of aryl methyl sites for hydroxylation is 1. The van der Waals surface area contributed by atoms with Crippen molar-refractivity contribution in [3.63, 3.8) is 0 Å². The number of nitrogens with zero attached hydrogens (tertiary/aromatic N) is 1. The Morgan fingerprint density at radius 1 is 1.19 bits per heavy atom. The molecule has 0 spiro atoms. The standard InChI is InChI=1S/C21H29N3O2S/c1-5-24-15(2)14-18(25)19(21(24)26)20(23-12-10-22(3)11-13-23)16-6-8-17(27-4)9-7-16/h6-9,14,20,25H,5,10-13H2,1-4H3/p+2/t20-/m1/s1. The van der Waals surface area contributed by atoms with Crippen LogP contribution in [0.5, 0.6) is 5.75 Å². The molecule has 3 rings (SSSR count). The van der Waals surface area contributed by atoms with Gasteiger partial charge in [0, 0.05) is 22.7 Å². The Kier molecular flexibility index (Phi) is 6.29. The SMILES string of the molecule is CCn1c(C)cc(O)c([C@@H](c2ccc(SC)cc2)[NH+]2CC[NH+](C)CC2)c1=O. The van der Waals surface area contributed by atoms with Crippen molar-refractivity contribution in [1.29, 1.82) is 0 Å². The van der Waals surface area contributed by atoms with Crippen LogP contribution in [-0.4, -0.2) is 49.2 Å². The van der Waals surface area contributed by atoms with Gasteiger partial charge in [-0.3, -0.25) is 4.79 Å². The Hall–Kier alpha value is -1.76. The molecule has 1 aromatic heterocycles. The fourth-order valence-electron chi connectivity index (χ4n) is 4.12. The number of hydrogen-bond donors (Lipinski definition) is 3. The van der Waals surface area contributed by atoms with Crippen LogP contribution < -0.4 is 15.4 Å². The maximum atomic E-state index is 13.3. The molecule has 2 aromatic rings. The number of pyridine rings is 1. The lowest BCUT2D eigenvalue weighted by Gasteiger charge is -2.34. The van der Waals surface area contributed by atoms with Gasteiger partial charge in [0.2, 0.25) is 0 Å². The van der Waals surface area contributed by atoms with Gasteiger partial charge in [-0.05, 0) is 38.3 Å². The molecule has 1 fully saturated rings. The molecule has 2 heterocycles. The fraction of sp³-hybridized carbons (Fsp3) is 0.476. The molecule has 1 aliphatic rings. The summed E-state index contributed by atoms with van der Waals surface area (Å²) in [4.78, 5) is 17.4. The second kappa shape index (κ2) is 8.50. The van der Waals surface area contributed by atoms with Crippen molar-refractivity contribution in [2.24, 2.45) is 0 Å². The third-order valence-corrected chi connectivity index (χ3v) is 6.47. The van der Waals surface area contributed by atoms with Gasteiger partial charge >= 0.3 is 0 Å². The number of nitrogens with one attached hydrogen (secondary N) is 2. The summed E-state index contributed by atoms with van der Waals surface area (Å²) in [6.07, 6.45) is 2.06. The zero-order valence-corrected chi connectivity index (χ0v) is 17.5. The number of aromatic hydroxyl groups is 1. The van der Waals surface area contributed by atoms with E-state index in [1.165, 1.54) is 14.7 Å². The van der Waals surface area contributed by atoms with Gasteiger partial charge in [0.05, 0.1) is 7.05 Å². The summed E-state index contributed by atoms with van der Waals surface area (Å²) >= 11 is 1.71. The summed E-state index contributed by atoms with van der Waals surface area (Å²) < 4.78 is 1.76. The molecule has 5 nitrogen and oxygen atoms in total. The zero-order chi connectivity index (χ0) is 19.6. The van der Waals surface area contributed by atoms with Crippen molar-refractivity contribution in [2.45, 2.75) is 31.3 Å². The summed E-state index contributed by atoms with van der Waals surface area (Å²) in [5.74, 6) is 0.125. The Balaban J connectivity index is 2.14. The molecule has 1 saturated heterocycles. The molecular formula is C21H31N3O2S+2. The van der Waals surface area contributed by atoms with Crippen LogP contribution in [0.4, 0.5) is 0 Å². The molecule has 0 radical (unpaired) electrons. The smallest absolute Gasteiger partial charge is 0.264 e. The highest BCUT2D eigenvalue weighted by Crippen LogP contribution is 2.27. The van der Waals surface area contributed by atoms with Crippen molar-refractivity contribution in [3.05, 3.63) is 57.5 Å². The molecule has 1 aromatic carbocycles. The minimum atomic E-state index is -0.139. The number of likely N-dealkylation sites (N-methyl/N-ethyl adjacent to an activating group) is 1. The van der Waals surface area contributed by atoms with Crippen molar-refractivity contribution in [3.8, 4) is 5.75 Å². The molecule has 146 valence electrons. The number of rotatable bonds is 5. The van der Waals surface area contributed by atoms with Gasteiger partial charge in [0.15, 0.2) is 0 Å². The molecule has 1 aliphatic heterocycles. The van der Waals surface area contributed by atoms with Gasteiger partial charge in [-0.15, -0.1) is 11.8 Å². The summed E-state index contributed by atoms with van der Waals surface area (Å²) in [6, 6.07) is 10.0. The van der Waals surface area contributed by atoms with E-state index in [0.29, 0.717) is 12.1 Å². The fourth-order valence-corrected chi connectivity index (χ4v) is 4.53. The molecule has 0 aliphatic carbocycles. The quantitative estimate of drug-likeness (QED) is 0.636. The molecule has 0 amide bonds. The van der Waals surface area contributed by atoms with Gasteiger partial charge in [0.25, 0.3) is 5.56 Å². The van der Waals surface area contributed by atoms with Crippen molar-refractivity contribution < 1.29 is 14.9 Å². The zero-order valence-electron chi connectivity index (χ0n) is 16.7. The molecule has 1 atom stereocenters. The van der Waals surface area contributed by atoms with Crippen molar-refractivity contribution in [2.75, 3.05) is 39.5 Å². The Labute approximate surface area is 165 Å². The molecule has 0 bridgehead atoms. The van der Waals surface area contributed by atoms with Crippen LogP contribution in [0.3, 0.4) is 0 Å². The largest absolute Gasteiger partial charge is 0.507 e. The van der Waals surface area contributed by atoms with Crippen molar-refractivity contribution >= 4 is 11.8 Å². The minimum Gasteiger partial charge on any atom is -0.507 e. The number of thioether (sulfide) groups is 1. The van der Waals surface area contributed by atoms with E-state index in [-0.39, 0.29) is 17.4 Å². The Bertz CT molecular complexity index is 840. The molecule has 0 saturated carbocycles. The molecule has 6 heteroatoms. The highest BCUT2D eigenvalue weighted by molar-refractivity contribution is 7.98. The highest BCUT2D eigenvalue weighted by Gasteiger charge is 2.35. The Morgan fingerprint density at radius 2 is 1.81 bits per heavy atom. The van der Waals surface area contributed by atoms with E-state index in [2.05, 4.69) is 37.6 Å². The molecule has 0 unspecified atom stereocenters. The summed E-state index contributed by atoms with van der Waals surface area (Å²) in [6.45, 7) is 8.58. The van der Waals surface area contributed by atoms with Crippen molar-refractivity contribution in [1.82, 2.24) is 4.57 Å². The van der Waals surface area contributed by atoms with Crippen LogP contribution >= 0.6 is 11.8 Å².